The summed E-state index contributed by atoms with van der Waals surface area (Å²) in [6.07, 6.45) is 0. The zero-order valence-corrected chi connectivity index (χ0v) is 12.7. The van der Waals surface area contributed by atoms with Gasteiger partial charge < -0.3 is 14.5 Å². The molecule has 1 aromatic rings. The van der Waals surface area contributed by atoms with E-state index in [1.807, 2.05) is 13.8 Å². The summed E-state index contributed by atoms with van der Waals surface area (Å²) in [5.74, 6) is 0.109. The maximum Gasteiger partial charge on any atom is 0.274 e. The van der Waals surface area contributed by atoms with Gasteiger partial charge in [-0.2, -0.15) is 5.10 Å². The number of hydrogen-bond donors (Lipinski definition) is 0. The first-order chi connectivity index (χ1) is 9.40. The van der Waals surface area contributed by atoms with Crippen LogP contribution in [0.1, 0.15) is 24.3 Å². The summed E-state index contributed by atoms with van der Waals surface area (Å²) >= 11 is 0. The van der Waals surface area contributed by atoms with E-state index in [9.17, 15) is 9.59 Å². The Labute approximate surface area is 119 Å². The van der Waals surface area contributed by atoms with Crippen molar-refractivity contribution in [1.29, 1.82) is 0 Å². The van der Waals surface area contributed by atoms with Crippen molar-refractivity contribution in [3.05, 3.63) is 11.8 Å². The lowest BCUT2D eigenvalue weighted by Crippen LogP contribution is -2.30. The maximum absolute atomic E-state index is 12.1. The van der Waals surface area contributed by atoms with E-state index in [1.54, 1.807) is 32.1 Å². The molecule has 0 aromatic carbocycles. The lowest BCUT2D eigenvalue weighted by atomic mass is 10.3. The number of amides is 2. The molecule has 0 saturated carbocycles. The van der Waals surface area contributed by atoms with Gasteiger partial charge in [0.1, 0.15) is 0 Å². The molecule has 0 spiro atoms. The van der Waals surface area contributed by atoms with Crippen LogP contribution in [-0.2, 0) is 11.8 Å². The molecule has 1 aromatic heterocycles. The average Bonchev–Trinajstić information content (AvgIpc) is 2.78. The fourth-order valence-electron chi connectivity index (χ4n) is 1.63. The highest BCUT2D eigenvalue weighted by atomic mass is 16.5. The Morgan fingerprint density at radius 1 is 1.30 bits per heavy atom. The highest BCUT2D eigenvalue weighted by Gasteiger charge is 2.18. The fourth-order valence-corrected chi connectivity index (χ4v) is 1.63. The van der Waals surface area contributed by atoms with Crippen LogP contribution in [0.25, 0.3) is 0 Å². The molecule has 0 bridgehead atoms. The molecular formula is C13H22N4O3. The van der Waals surface area contributed by atoms with Crippen molar-refractivity contribution in [1.82, 2.24) is 19.6 Å². The number of ether oxygens (including phenoxy) is 1. The number of aromatic nitrogens is 2. The molecule has 20 heavy (non-hydrogen) atoms. The molecule has 1 rings (SSSR count). The molecule has 7 nitrogen and oxygen atoms in total. The van der Waals surface area contributed by atoms with E-state index in [1.165, 1.54) is 9.58 Å². The Balaban J connectivity index is 2.77. The van der Waals surface area contributed by atoms with E-state index in [4.69, 9.17) is 4.74 Å². The van der Waals surface area contributed by atoms with Crippen LogP contribution in [-0.4, -0.2) is 65.2 Å². The minimum atomic E-state index is -0.150. The number of likely N-dealkylation sites (N-methyl/N-ethyl adjacent to an activating group) is 1. The number of carbonyl (C=O) groups excluding carboxylic acids is 2. The first-order valence-corrected chi connectivity index (χ1v) is 6.56. The Hall–Kier alpha value is -2.05. The molecule has 7 heteroatoms. The number of carbonyl (C=O) groups is 2. The van der Waals surface area contributed by atoms with Gasteiger partial charge in [-0.25, -0.2) is 4.68 Å². The molecular weight excluding hydrogens is 260 g/mol. The van der Waals surface area contributed by atoms with Gasteiger partial charge in [-0.1, -0.05) is 0 Å². The molecule has 0 aliphatic heterocycles. The lowest BCUT2D eigenvalue weighted by Gasteiger charge is -2.16. The third-order valence-electron chi connectivity index (χ3n) is 2.95. The highest BCUT2D eigenvalue weighted by Crippen LogP contribution is 2.13. The molecule has 0 unspecified atom stereocenters. The first kappa shape index (κ1) is 16.0. The normalized spacial score (nSPS) is 10.2. The second kappa shape index (κ2) is 6.93. The van der Waals surface area contributed by atoms with Crippen LogP contribution in [0.15, 0.2) is 6.07 Å². The average molecular weight is 282 g/mol. The van der Waals surface area contributed by atoms with Crippen LogP contribution < -0.4 is 4.74 Å². The summed E-state index contributed by atoms with van der Waals surface area (Å²) in [5, 5.41) is 4.13. The van der Waals surface area contributed by atoms with Crippen molar-refractivity contribution in [2.45, 2.75) is 13.8 Å². The third-order valence-corrected chi connectivity index (χ3v) is 2.95. The van der Waals surface area contributed by atoms with Gasteiger partial charge in [-0.3, -0.25) is 9.59 Å². The zero-order valence-electron chi connectivity index (χ0n) is 12.7. The van der Waals surface area contributed by atoms with Gasteiger partial charge in [0, 0.05) is 40.3 Å². The van der Waals surface area contributed by atoms with E-state index in [0.29, 0.717) is 24.7 Å². The van der Waals surface area contributed by atoms with Gasteiger partial charge in [-0.15, -0.1) is 0 Å². The van der Waals surface area contributed by atoms with Crippen LogP contribution in [0.2, 0.25) is 0 Å². The zero-order chi connectivity index (χ0) is 15.3. The standard InChI is InChI=1S/C13H22N4O3/c1-6-17(7-2)13(19)10-8-12(16(5)14-10)20-9-11(18)15(3)4/h8H,6-7,9H2,1-5H3. The number of hydrogen-bond acceptors (Lipinski definition) is 4. The van der Waals surface area contributed by atoms with Crippen molar-refractivity contribution in [2.75, 3.05) is 33.8 Å². The van der Waals surface area contributed by atoms with Crippen molar-refractivity contribution in [3.63, 3.8) is 0 Å². The van der Waals surface area contributed by atoms with Gasteiger partial charge >= 0.3 is 0 Å². The van der Waals surface area contributed by atoms with Crippen LogP contribution in [0.5, 0.6) is 5.88 Å². The minimum Gasteiger partial charge on any atom is -0.468 e. The molecule has 0 aliphatic rings. The van der Waals surface area contributed by atoms with Gasteiger partial charge in [0.2, 0.25) is 5.88 Å². The fraction of sp³-hybridized carbons (Fsp3) is 0.615. The molecule has 0 saturated heterocycles. The third kappa shape index (κ3) is 3.72. The van der Waals surface area contributed by atoms with Crippen molar-refractivity contribution >= 4 is 11.8 Å². The Morgan fingerprint density at radius 3 is 2.40 bits per heavy atom. The smallest absolute Gasteiger partial charge is 0.274 e. The molecule has 0 radical (unpaired) electrons. The van der Waals surface area contributed by atoms with Gasteiger partial charge in [0.05, 0.1) is 0 Å². The van der Waals surface area contributed by atoms with Crippen molar-refractivity contribution in [2.24, 2.45) is 7.05 Å². The number of nitrogens with zero attached hydrogens (tertiary/aromatic N) is 4. The summed E-state index contributed by atoms with van der Waals surface area (Å²) in [7, 11) is 4.99. The van der Waals surface area contributed by atoms with Crippen LogP contribution in [0.4, 0.5) is 0 Å². The number of rotatable bonds is 6. The molecule has 0 aliphatic carbocycles. The molecule has 1 heterocycles. The van der Waals surface area contributed by atoms with E-state index < -0.39 is 0 Å². The van der Waals surface area contributed by atoms with Gasteiger partial charge in [0.15, 0.2) is 12.3 Å². The quantitative estimate of drug-likeness (QED) is 0.756. The van der Waals surface area contributed by atoms with Gasteiger partial charge in [-0.05, 0) is 13.8 Å². The summed E-state index contributed by atoms with van der Waals surface area (Å²) < 4.78 is 6.83. The topological polar surface area (TPSA) is 67.7 Å². The number of aryl methyl sites for hydroxylation is 1. The largest absolute Gasteiger partial charge is 0.468 e. The predicted octanol–water partition coefficient (Wildman–Crippen LogP) is 0.369. The van der Waals surface area contributed by atoms with Crippen molar-refractivity contribution in [3.8, 4) is 5.88 Å². The summed E-state index contributed by atoms with van der Waals surface area (Å²) in [6, 6.07) is 1.56. The SMILES string of the molecule is CCN(CC)C(=O)c1cc(OCC(=O)N(C)C)n(C)n1. The summed E-state index contributed by atoms with van der Waals surface area (Å²) in [5.41, 5.74) is 0.323. The Morgan fingerprint density at radius 2 is 1.90 bits per heavy atom. The molecule has 2 amide bonds. The highest BCUT2D eigenvalue weighted by molar-refractivity contribution is 5.92. The van der Waals surface area contributed by atoms with E-state index in [-0.39, 0.29) is 18.4 Å². The van der Waals surface area contributed by atoms with E-state index in [2.05, 4.69) is 5.10 Å². The molecule has 0 N–H and O–H groups in total. The Bertz CT molecular complexity index is 478. The molecule has 0 atom stereocenters. The second-order valence-electron chi connectivity index (χ2n) is 4.55. The summed E-state index contributed by atoms with van der Waals surface area (Å²) in [6.45, 7) is 5.00. The van der Waals surface area contributed by atoms with Crippen molar-refractivity contribution < 1.29 is 14.3 Å². The van der Waals surface area contributed by atoms with Crippen LogP contribution >= 0.6 is 0 Å². The van der Waals surface area contributed by atoms with Gasteiger partial charge in [0.25, 0.3) is 11.8 Å². The first-order valence-electron chi connectivity index (χ1n) is 6.56. The van der Waals surface area contributed by atoms with E-state index >= 15 is 0 Å². The summed E-state index contributed by atoms with van der Waals surface area (Å²) in [4.78, 5) is 26.7. The van der Waals surface area contributed by atoms with Crippen LogP contribution in [0, 0.1) is 0 Å². The van der Waals surface area contributed by atoms with Crippen LogP contribution in [0.3, 0.4) is 0 Å². The molecule has 112 valence electrons. The lowest BCUT2D eigenvalue weighted by molar-refractivity contribution is -0.130. The maximum atomic E-state index is 12.1. The van der Waals surface area contributed by atoms with E-state index in [0.717, 1.165) is 0 Å². The Kier molecular flexibility index (Phi) is 5.54. The predicted molar refractivity (Wildman–Crippen MR) is 74.6 cm³/mol. The second-order valence-corrected chi connectivity index (χ2v) is 4.55. The monoisotopic (exact) mass is 282 g/mol. The molecule has 0 fully saturated rings. The minimum absolute atomic E-state index is 0.0779.